The third kappa shape index (κ3) is 5.07. The van der Waals surface area contributed by atoms with Crippen LogP contribution in [0, 0.1) is 0 Å². The second-order valence-electron chi connectivity index (χ2n) is 5.73. The van der Waals surface area contributed by atoms with Gasteiger partial charge in [-0.2, -0.15) is 0 Å². The first-order chi connectivity index (χ1) is 9.51. The van der Waals surface area contributed by atoms with Gasteiger partial charge in [0.25, 0.3) is 0 Å². The SMILES string of the molecule is CCCP(CCC)(CCC)(CCC)OS(=O)(=O)C(F)(F)F. The molecule has 0 saturated carbocycles. The second kappa shape index (κ2) is 7.60. The molecule has 0 rings (SSSR count). The molecule has 21 heavy (non-hydrogen) atoms. The normalized spacial score (nSPS) is 15.7. The van der Waals surface area contributed by atoms with Gasteiger partial charge in [-0.1, -0.05) is 0 Å². The Bertz CT molecular complexity index is 385. The standard InChI is InChI=1S/C13H28F3O3PS/c1-5-9-20(10-6-2,11-7-3,12-8-4)19-21(17,18)13(14,15)16/h5-12H2,1-4H3. The topological polar surface area (TPSA) is 43.4 Å². The average Bonchev–Trinajstić information content (AvgIpc) is 2.27. The van der Waals surface area contributed by atoms with E-state index in [2.05, 4.69) is 0 Å². The van der Waals surface area contributed by atoms with Crippen LogP contribution < -0.4 is 0 Å². The Morgan fingerprint density at radius 1 is 0.810 bits per heavy atom. The first-order valence-electron chi connectivity index (χ1n) is 7.55. The molecular weight excluding hydrogens is 324 g/mol. The quantitative estimate of drug-likeness (QED) is 0.412. The van der Waals surface area contributed by atoms with Gasteiger partial charge in [-0.3, -0.25) is 0 Å². The molecule has 0 aliphatic rings. The van der Waals surface area contributed by atoms with E-state index < -0.39 is 22.5 Å². The molecule has 0 bridgehead atoms. The summed E-state index contributed by atoms with van der Waals surface area (Å²) in [4.78, 5) is 0. The molecule has 0 spiro atoms. The monoisotopic (exact) mass is 352 g/mol. The predicted molar refractivity (Wildman–Crippen MR) is 83.6 cm³/mol. The van der Waals surface area contributed by atoms with Crippen molar-refractivity contribution in [3.8, 4) is 0 Å². The maximum atomic E-state index is 12.8. The van der Waals surface area contributed by atoms with Crippen molar-refractivity contribution in [3.05, 3.63) is 0 Å². The summed E-state index contributed by atoms with van der Waals surface area (Å²) in [5.41, 5.74) is -5.35. The van der Waals surface area contributed by atoms with E-state index in [1.54, 1.807) is 0 Å². The van der Waals surface area contributed by atoms with Crippen molar-refractivity contribution in [1.82, 2.24) is 0 Å². The maximum absolute atomic E-state index is 12.8. The van der Waals surface area contributed by atoms with Crippen molar-refractivity contribution < 1.29 is 25.6 Å². The van der Waals surface area contributed by atoms with Gasteiger partial charge in [-0.25, -0.2) is 0 Å². The van der Waals surface area contributed by atoms with E-state index in [1.165, 1.54) is 0 Å². The molecule has 0 aromatic carbocycles. The molecular formula is C13H28F3O3PS. The molecule has 0 amide bonds. The average molecular weight is 352 g/mol. The van der Waals surface area contributed by atoms with Gasteiger partial charge in [-0.05, 0) is 0 Å². The Hall–Kier alpha value is 0.130. The Balaban J connectivity index is 5.98. The molecule has 0 aliphatic carbocycles. The fraction of sp³-hybridized carbons (Fsp3) is 1.00. The van der Waals surface area contributed by atoms with E-state index in [4.69, 9.17) is 3.97 Å². The Labute approximate surface area is 126 Å². The van der Waals surface area contributed by atoms with Crippen LogP contribution >= 0.6 is 6.83 Å². The van der Waals surface area contributed by atoms with Crippen LogP contribution in [0.4, 0.5) is 13.2 Å². The van der Waals surface area contributed by atoms with Crippen molar-refractivity contribution >= 4 is 16.9 Å². The zero-order valence-electron chi connectivity index (χ0n) is 13.4. The van der Waals surface area contributed by atoms with E-state index in [0.29, 0.717) is 50.3 Å². The Morgan fingerprint density at radius 2 is 1.10 bits per heavy atom. The van der Waals surface area contributed by atoms with Crippen LogP contribution in [0.2, 0.25) is 0 Å². The van der Waals surface area contributed by atoms with Gasteiger partial charge in [0.15, 0.2) is 0 Å². The molecule has 0 N–H and O–H groups in total. The minimum absolute atomic E-state index is 0.441. The number of rotatable bonds is 10. The van der Waals surface area contributed by atoms with Gasteiger partial charge in [-0.15, -0.1) is 0 Å². The molecule has 0 aliphatic heterocycles. The van der Waals surface area contributed by atoms with E-state index in [1.807, 2.05) is 27.7 Å². The van der Waals surface area contributed by atoms with Crippen LogP contribution in [0.25, 0.3) is 0 Å². The van der Waals surface area contributed by atoms with Crippen molar-refractivity contribution in [2.24, 2.45) is 0 Å². The summed E-state index contributed by atoms with van der Waals surface area (Å²) in [5.74, 6) is 0. The second-order valence-corrected chi connectivity index (χ2v) is 13.2. The molecule has 3 nitrogen and oxygen atoms in total. The minimum atomic E-state index is -5.54. The van der Waals surface area contributed by atoms with Gasteiger partial charge in [0.05, 0.1) is 0 Å². The van der Waals surface area contributed by atoms with Gasteiger partial charge in [0, 0.05) is 0 Å². The Kier molecular flexibility index (Phi) is 7.65. The summed E-state index contributed by atoms with van der Waals surface area (Å²) in [6.07, 6.45) is 4.28. The number of alkyl halides is 3. The first-order valence-corrected chi connectivity index (χ1v) is 11.9. The van der Waals surface area contributed by atoms with Gasteiger partial charge in [0.1, 0.15) is 0 Å². The van der Waals surface area contributed by atoms with E-state index >= 15 is 0 Å². The van der Waals surface area contributed by atoms with Crippen LogP contribution in [-0.2, 0) is 14.1 Å². The third-order valence-corrected chi connectivity index (χ3v) is 13.1. The summed E-state index contributed by atoms with van der Waals surface area (Å²) in [5, 5.41) is 0. The molecule has 0 heterocycles. The number of hydrogen-bond acceptors (Lipinski definition) is 3. The van der Waals surface area contributed by atoms with E-state index in [9.17, 15) is 21.6 Å². The van der Waals surface area contributed by atoms with Crippen LogP contribution in [0.3, 0.4) is 0 Å². The third-order valence-electron chi connectivity index (χ3n) is 3.75. The molecule has 0 saturated heterocycles. The zero-order chi connectivity index (χ0) is 16.8. The molecule has 0 unspecified atom stereocenters. The van der Waals surface area contributed by atoms with E-state index in [-0.39, 0.29) is 0 Å². The molecule has 0 fully saturated rings. The number of halogens is 3. The summed E-state index contributed by atoms with van der Waals surface area (Å²) in [7, 11) is -5.54. The number of hydrogen-bond donors (Lipinski definition) is 0. The van der Waals surface area contributed by atoms with Gasteiger partial charge < -0.3 is 0 Å². The first kappa shape index (κ1) is 21.1. The van der Waals surface area contributed by atoms with Crippen LogP contribution in [0.15, 0.2) is 0 Å². The summed E-state index contributed by atoms with van der Waals surface area (Å²) < 4.78 is 66.8. The molecule has 0 radical (unpaired) electrons. The van der Waals surface area contributed by atoms with Gasteiger partial charge in [0.2, 0.25) is 0 Å². The van der Waals surface area contributed by atoms with Crippen LogP contribution in [0.5, 0.6) is 0 Å². The summed E-state index contributed by atoms with van der Waals surface area (Å²) in [6.45, 7) is 4.08. The fourth-order valence-electron chi connectivity index (χ4n) is 3.40. The van der Waals surface area contributed by atoms with Crippen molar-refractivity contribution in [1.29, 1.82) is 0 Å². The van der Waals surface area contributed by atoms with E-state index in [0.717, 1.165) is 0 Å². The van der Waals surface area contributed by atoms with Gasteiger partial charge >= 0.3 is 126 Å². The summed E-state index contributed by atoms with van der Waals surface area (Å²) in [6, 6.07) is 0. The fourth-order valence-corrected chi connectivity index (χ4v) is 13.0. The summed E-state index contributed by atoms with van der Waals surface area (Å²) >= 11 is 0. The molecule has 0 atom stereocenters. The molecule has 0 aromatic rings. The van der Waals surface area contributed by atoms with Crippen molar-refractivity contribution in [2.75, 3.05) is 24.6 Å². The molecule has 130 valence electrons. The van der Waals surface area contributed by atoms with Crippen LogP contribution in [-0.4, -0.2) is 38.6 Å². The Morgan fingerprint density at radius 3 is 1.29 bits per heavy atom. The molecule has 8 heteroatoms. The molecule has 0 aromatic heterocycles. The zero-order valence-corrected chi connectivity index (χ0v) is 15.1. The van der Waals surface area contributed by atoms with Crippen LogP contribution in [0.1, 0.15) is 53.4 Å². The van der Waals surface area contributed by atoms with Crippen molar-refractivity contribution in [2.45, 2.75) is 58.9 Å². The predicted octanol–water partition coefficient (Wildman–Crippen LogP) is 4.96. The van der Waals surface area contributed by atoms with Crippen molar-refractivity contribution in [3.63, 3.8) is 0 Å².